The van der Waals surface area contributed by atoms with Crippen molar-refractivity contribution in [2.75, 3.05) is 12.4 Å². The zero-order valence-electron chi connectivity index (χ0n) is 8.43. The molecular weight excluding hydrogens is 194 g/mol. The summed E-state index contributed by atoms with van der Waals surface area (Å²) in [6.45, 7) is 1.88. The number of guanidine groups is 1. The Morgan fingerprint density at radius 2 is 2.20 bits per heavy atom. The predicted molar refractivity (Wildman–Crippen MR) is 57.2 cm³/mol. The predicted octanol–water partition coefficient (Wildman–Crippen LogP) is 0.728. The number of aryl methyl sites for hydroxylation is 1. The second-order valence-electron chi connectivity index (χ2n) is 2.90. The molecule has 1 aliphatic rings. The SMILES string of the molecule is COc1ccc(NC2=NN=C[N]2)c(C)n1. The summed E-state index contributed by atoms with van der Waals surface area (Å²) in [5.41, 5.74) is 1.66. The number of aromatic nitrogens is 1. The van der Waals surface area contributed by atoms with Gasteiger partial charge in [0, 0.05) is 6.07 Å². The Labute approximate surface area is 87.1 Å². The average Bonchev–Trinajstić information content (AvgIpc) is 2.74. The van der Waals surface area contributed by atoms with Gasteiger partial charge in [0.2, 0.25) is 11.8 Å². The van der Waals surface area contributed by atoms with Crippen molar-refractivity contribution < 1.29 is 4.74 Å². The quantitative estimate of drug-likeness (QED) is 0.771. The fourth-order valence-corrected chi connectivity index (χ4v) is 1.15. The summed E-state index contributed by atoms with van der Waals surface area (Å²) in [6.07, 6.45) is 1.38. The highest BCUT2D eigenvalue weighted by molar-refractivity contribution is 6.01. The van der Waals surface area contributed by atoms with E-state index < -0.39 is 0 Å². The van der Waals surface area contributed by atoms with Gasteiger partial charge in [0.05, 0.1) is 18.5 Å². The van der Waals surface area contributed by atoms with Crippen LogP contribution in [0.15, 0.2) is 22.3 Å². The molecule has 0 bridgehead atoms. The van der Waals surface area contributed by atoms with Gasteiger partial charge in [-0.25, -0.2) is 4.98 Å². The number of hydrogen-bond donors (Lipinski definition) is 1. The molecule has 15 heavy (non-hydrogen) atoms. The molecule has 6 nitrogen and oxygen atoms in total. The molecule has 1 radical (unpaired) electrons. The normalized spacial score (nSPS) is 13.3. The highest BCUT2D eigenvalue weighted by Gasteiger charge is 2.07. The summed E-state index contributed by atoms with van der Waals surface area (Å²) in [6, 6.07) is 3.63. The molecule has 0 aromatic carbocycles. The van der Waals surface area contributed by atoms with Gasteiger partial charge >= 0.3 is 0 Å². The van der Waals surface area contributed by atoms with Gasteiger partial charge in [-0.15, -0.1) is 10.2 Å². The molecule has 2 rings (SSSR count). The van der Waals surface area contributed by atoms with E-state index in [1.165, 1.54) is 6.34 Å². The van der Waals surface area contributed by atoms with Gasteiger partial charge in [-0.05, 0) is 13.0 Å². The number of nitrogens with zero attached hydrogens (tertiary/aromatic N) is 4. The van der Waals surface area contributed by atoms with Crippen molar-refractivity contribution in [1.82, 2.24) is 10.3 Å². The van der Waals surface area contributed by atoms with E-state index in [1.807, 2.05) is 13.0 Å². The first kappa shape index (κ1) is 9.45. The van der Waals surface area contributed by atoms with Crippen molar-refractivity contribution in [3.63, 3.8) is 0 Å². The van der Waals surface area contributed by atoms with E-state index >= 15 is 0 Å². The van der Waals surface area contributed by atoms with Gasteiger partial charge in [-0.3, -0.25) is 0 Å². The Morgan fingerprint density at radius 1 is 1.33 bits per heavy atom. The van der Waals surface area contributed by atoms with Crippen molar-refractivity contribution in [3.8, 4) is 5.88 Å². The maximum atomic E-state index is 5.00. The molecule has 1 aromatic heterocycles. The van der Waals surface area contributed by atoms with Crippen LogP contribution in [0.1, 0.15) is 5.69 Å². The van der Waals surface area contributed by atoms with E-state index in [0.29, 0.717) is 11.8 Å². The Kier molecular flexibility index (Phi) is 2.49. The van der Waals surface area contributed by atoms with Crippen LogP contribution in [0.25, 0.3) is 0 Å². The second-order valence-corrected chi connectivity index (χ2v) is 2.90. The summed E-state index contributed by atoms with van der Waals surface area (Å²) >= 11 is 0. The zero-order valence-corrected chi connectivity index (χ0v) is 8.43. The molecule has 1 aliphatic heterocycles. The molecule has 1 N–H and O–H groups in total. The van der Waals surface area contributed by atoms with E-state index in [1.54, 1.807) is 13.2 Å². The van der Waals surface area contributed by atoms with Crippen LogP contribution in [-0.2, 0) is 0 Å². The largest absolute Gasteiger partial charge is 0.481 e. The number of pyridine rings is 1. The Bertz CT molecular complexity index is 427. The summed E-state index contributed by atoms with van der Waals surface area (Å²) in [5, 5.41) is 14.3. The lowest BCUT2D eigenvalue weighted by Crippen LogP contribution is -2.20. The van der Waals surface area contributed by atoms with Gasteiger partial charge in [0.15, 0.2) is 0 Å². The number of hydrogen-bond acceptors (Lipinski definition) is 5. The number of methoxy groups -OCH3 is 1. The average molecular weight is 204 g/mol. The van der Waals surface area contributed by atoms with Crippen LogP contribution >= 0.6 is 0 Å². The molecule has 6 heteroatoms. The molecule has 0 unspecified atom stereocenters. The van der Waals surface area contributed by atoms with Crippen LogP contribution in [0.3, 0.4) is 0 Å². The Morgan fingerprint density at radius 3 is 2.80 bits per heavy atom. The van der Waals surface area contributed by atoms with Gasteiger partial charge in [0.1, 0.15) is 6.34 Å². The van der Waals surface area contributed by atoms with Gasteiger partial charge in [0.25, 0.3) is 0 Å². The number of anilines is 1. The molecule has 0 spiro atoms. The molecule has 1 aromatic rings. The lowest BCUT2D eigenvalue weighted by Gasteiger charge is -2.07. The Balaban J connectivity index is 2.15. The minimum absolute atomic E-state index is 0.463. The van der Waals surface area contributed by atoms with E-state index in [2.05, 4.69) is 25.8 Å². The maximum absolute atomic E-state index is 5.00. The van der Waals surface area contributed by atoms with Crippen LogP contribution < -0.4 is 15.4 Å². The monoisotopic (exact) mass is 204 g/mol. The van der Waals surface area contributed by atoms with Crippen LogP contribution in [0.4, 0.5) is 5.69 Å². The van der Waals surface area contributed by atoms with E-state index in [9.17, 15) is 0 Å². The lowest BCUT2D eigenvalue weighted by molar-refractivity contribution is 0.397. The van der Waals surface area contributed by atoms with Crippen molar-refractivity contribution in [2.24, 2.45) is 10.2 Å². The molecule has 0 saturated heterocycles. The number of nitrogens with one attached hydrogen (secondary N) is 1. The smallest absolute Gasteiger partial charge is 0.248 e. The second kappa shape index (κ2) is 3.95. The van der Waals surface area contributed by atoms with Gasteiger partial charge in [-0.1, -0.05) is 0 Å². The first-order valence-electron chi connectivity index (χ1n) is 4.38. The molecule has 0 aliphatic carbocycles. The molecule has 0 fully saturated rings. The summed E-state index contributed by atoms with van der Waals surface area (Å²) in [5.74, 6) is 1.05. The highest BCUT2D eigenvalue weighted by Crippen LogP contribution is 2.16. The van der Waals surface area contributed by atoms with Crippen LogP contribution in [0, 0.1) is 6.92 Å². The maximum Gasteiger partial charge on any atom is 0.248 e. The van der Waals surface area contributed by atoms with Crippen molar-refractivity contribution in [3.05, 3.63) is 17.8 Å². The minimum atomic E-state index is 0.463. The number of ether oxygens (including phenoxy) is 1. The van der Waals surface area contributed by atoms with E-state index in [-0.39, 0.29) is 0 Å². The molecule has 0 atom stereocenters. The summed E-state index contributed by atoms with van der Waals surface area (Å²) in [4.78, 5) is 4.21. The van der Waals surface area contributed by atoms with Crippen LogP contribution in [0.2, 0.25) is 0 Å². The van der Waals surface area contributed by atoms with Crippen LogP contribution in [-0.4, -0.2) is 24.4 Å². The molecule has 0 amide bonds. The summed E-state index contributed by atoms with van der Waals surface area (Å²) in [7, 11) is 1.58. The van der Waals surface area contributed by atoms with E-state index in [4.69, 9.17) is 4.74 Å². The third-order valence-corrected chi connectivity index (χ3v) is 1.90. The van der Waals surface area contributed by atoms with Gasteiger partial charge < -0.3 is 10.1 Å². The molecule has 77 valence electrons. The zero-order chi connectivity index (χ0) is 10.7. The summed E-state index contributed by atoms with van der Waals surface area (Å²) < 4.78 is 5.00. The van der Waals surface area contributed by atoms with Crippen LogP contribution in [0.5, 0.6) is 5.88 Å². The highest BCUT2D eigenvalue weighted by atomic mass is 16.5. The Hall–Kier alpha value is -2.11. The molecular formula is C9H10N5O. The lowest BCUT2D eigenvalue weighted by atomic mass is 10.3. The third-order valence-electron chi connectivity index (χ3n) is 1.90. The minimum Gasteiger partial charge on any atom is -0.481 e. The fourth-order valence-electron chi connectivity index (χ4n) is 1.15. The third kappa shape index (κ3) is 2.04. The molecule has 2 heterocycles. The van der Waals surface area contributed by atoms with Crippen molar-refractivity contribution >= 4 is 18.0 Å². The van der Waals surface area contributed by atoms with Crippen molar-refractivity contribution in [1.29, 1.82) is 0 Å². The number of rotatable bonds is 2. The van der Waals surface area contributed by atoms with E-state index in [0.717, 1.165) is 11.4 Å². The van der Waals surface area contributed by atoms with Gasteiger partial charge in [-0.2, -0.15) is 5.32 Å². The standard InChI is InChI=1S/C9H10N5O/c1-6-7(3-4-8(12-6)15-2)13-9-10-5-11-14-9/h3-5H,1-2H3,(H,13,14). The topological polar surface area (TPSA) is 73.0 Å². The fraction of sp³-hybridized carbons (Fsp3) is 0.222. The van der Waals surface area contributed by atoms with Crippen molar-refractivity contribution in [2.45, 2.75) is 6.92 Å². The molecule has 0 saturated carbocycles. The first-order chi connectivity index (χ1) is 7.29. The first-order valence-corrected chi connectivity index (χ1v) is 4.38.